The van der Waals surface area contributed by atoms with E-state index >= 15 is 0 Å². The number of phenols is 1. The van der Waals surface area contributed by atoms with Crippen molar-refractivity contribution in [2.24, 2.45) is 0 Å². The smallest absolute Gasteiger partial charge is 0.294 e. The molecule has 0 aromatic heterocycles. The van der Waals surface area contributed by atoms with Crippen molar-refractivity contribution in [2.75, 3.05) is 12.0 Å². The molecule has 0 fully saturated rings. The predicted octanol–water partition coefficient (Wildman–Crippen LogP) is 3.65. The highest BCUT2D eigenvalue weighted by atomic mass is 79.9. The highest BCUT2D eigenvalue weighted by molar-refractivity contribution is 9.10. The van der Waals surface area contributed by atoms with Crippen molar-refractivity contribution in [3.05, 3.63) is 63.8 Å². The van der Waals surface area contributed by atoms with Crippen LogP contribution in [0.1, 0.15) is 18.5 Å². The van der Waals surface area contributed by atoms with Crippen molar-refractivity contribution in [1.82, 2.24) is 0 Å². The van der Waals surface area contributed by atoms with E-state index in [2.05, 4.69) is 15.9 Å². The molecule has 1 aliphatic heterocycles. The lowest BCUT2D eigenvalue weighted by Crippen LogP contribution is -2.30. The van der Waals surface area contributed by atoms with Gasteiger partial charge in [-0.15, -0.1) is 0 Å². The first-order valence-electron chi connectivity index (χ1n) is 7.75. The molecule has 3 rings (SSSR count). The van der Waals surface area contributed by atoms with Gasteiger partial charge in [-0.1, -0.05) is 22.0 Å². The third-order valence-corrected chi connectivity index (χ3v) is 4.74. The summed E-state index contributed by atoms with van der Waals surface area (Å²) in [6, 6.07) is 10.7. The first-order chi connectivity index (χ1) is 12.3. The molecule has 0 radical (unpaired) electrons. The number of carbonyl (C=O) groups excluding carboxylic acids is 2. The fraction of sp³-hybridized carbons (Fsp3) is 0.158. The predicted molar refractivity (Wildman–Crippen MR) is 99.4 cm³/mol. The van der Waals surface area contributed by atoms with Crippen LogP contribution in [0.25, 0.3) is 0 Å². The van der Waals surface area contributed by atoms with Crippen LogP contribution in [0.4, 0.5) is 5.69 Å². The zero-order valence-corrected chi connectivity index (χ0v) is 15.6. The number of halogens is 1. The molecule has 2 N–H and O–H groups in total. The van der Waals surface area contributed by atoms with E-state index in [4.69, 9.17) is 4.74 Å². The molecule has 1 amide bonds. The number of aliphatic hydroxyl groups excluding tert-OH is 1. The van der Waals surface area contributed by atoms with Gasteiger partial charge in [0.15, 0.2) is 23.0 Å². The lowest BCUT2D eigenvalue weighted by molar-refractivity contribution is -0.117. The van der Waals surface area contributed by atoms with E-state index < -0.39 is 23.5 Å². The first kappa shape index (κ1) is 18.0. The summed E-state index contributed by atoms with van der Waals surface area (Å²) >= 11 is 3.34. The average Bonchev–Trinajstić information content (AvgIpc) is 2.88. The highest BCUT2D eigenvalue weighted by Gasteiger charge is 2.43. The third kappa shape index (κ3) is 2.94. The van der Waals surface area contributed by atoms with Gasteiger partial charge < -0.3 is 14.9 Å². The topological polar surface area (TPSA) is 87.1 Å². The lowest BCUT2D eigenvalue weighted by Gasteiger charge is -2.27. The summed E-state index contributed by atoms with van der Waals surface area (Å²) in [6.45, 7) is 1.30. The van der Waals surface area contributed by atoms with E-state index in [-0.39, 0.29) is 17.1 Å². The number of anilines is 1. The van der Waals surface area contributed by atoms with Gasteiger partial charge in [0.05, 0.1) is 18.7 Å². The van der Waals surface area contributed by atoms with Gasteiger partial charge in [-0.25, -0.2) is 0 Å². The highest BCUT2D eigenvalue weighted by Crippen LogP contribution is 2.43. The second kappa shape index (κ2) is 6.84. The largest absolute Gasteiger partial charge is 0.504 e. The number of hydrogen-bond acceptors (Lipinski definition) is 5. The number of nitrogens with zero attached hydrogens (tertiary/aromatic N) is 1. The molecule has 1 atom stereocenters. The first-order valence-corrected chi connectivity index (χ1v) is 8.54. The van der Waals surface area contributed by atoms with E-state index in [0.717, 1.165) is 4.47 Å². The van der Waals surface area contributed by atoms with Gasteiger partial charge in [0.1, 0.15) is 0 Å². The minimum absolute atomic E-state index is 0.00524. The van der Waals surface area contributed by atoms with Gasteiger partial charge >= 0.3 is 0 Å². The Bertz CT molecular complexity index is 920. The maximum absolute atomic E-state index is 12.7. The van der Waals surface area contributed by atoms with Gasteiger partial charge in [0, 0.05) is 10.2 Å². The van der Waals surface area contributed by atoms with E-state index in [1.807, 2.05) is 0 Å². The molecule has 0 saturated heterocycles. The van der Waals surface area contributed by atoms with Crippen molar-refractivity contribution in [2.45, 2.75) is 13.0 Å². The number of amides is 1. The third-order valence-electron chi connectivity index (χ3n) is 4.21. The number of carbonyl (C=O) groups is 2. The molecule has 0 saturated carbocycles. The fourth-order valence-electron chi connectivity index (χ4n) is 3.01. The Kier molecular flexibility index (Phi) is 4.73. The van der Waals surface area contributed by atoms with Crippen LogP contribution in [-0.4, -0.2) is 29.0 Å². The van der Waals surface area contributed by atoms with Crippen molar-refractivity contribution in [1.29, 1.82) is 0 Å². The number of rotatable bonds is 4. The fourth-order valence-corrected chi connectivity index (χ4v) is 3.28. The molecule has 6 nitrogen and oxygen atoms in total. The maximum atomic E-state index is 12.7. The Morgan fingerprint density at radius 2 is 1.81 bits per heavy atom. The summed E-state index contributed by atoms with van der Waals surface area (Å²) in [4.78, 5) is 26.2. The minimum Gasteiger partial charge on any atom is -0.504 e. The Morgan fingerprint density at radius 1 is 1.15 bits per heavy atom. The number of aromatic hydroxyl groups is 1. The quantitative estimate of drug-likeness (QED) is 0.792. The van der Waals surface area contributed by atoms with Crippen LogP contribution in [0.5, 0.6) is 11.5 Å². The molecule has 26 heavy (non-hydrogen) atoms. The molecule has 1 aliphatic rings. The van der Waals surface area contributed by atoms with Crippen LogP contribution < -0.4 is 9.64 Å². The van der Waals surface area contributed by atoms with E-state index in [0.29, 0.717) is 11.3 Å². The molecular weight excluding hydrogens is 402 g/mol. The maximum Gasteiger partial charge on any atom is 0.294 e. The number of benzene rings is 2. The summed E-state index contributed by atoms with van der Waals surface area (Å²) in [6.07, 6.45) is 0. The van der Waals surface area contributed by atoms with Crippen molar-refractivity contribution < 1.29 is 24.5 Å². The summed E-state index contributed by atoms with van der Waals surface area (Å²) in [5.74, 6) is -1.49. The monoisotopic (exact) mass is 417 g/mol. The molecule has 134 valence electrons. The summed E-state index contributed by atoms with van der Waals surface area (Å²) in [5, 5.41) is 20.1. The van der Waals surface area contributed by atoms with Crippen molar-refractivity contribution in [3.8, 4) is 11.5 Å². The molecular formula is C19H16BrNO5. The molecule has 0 bridgehead atoms. The SMILES string of the molecule is COc1cc([C@H]2C(C(C)=O)=C(O)C(=O)N2c2ccc(Br)cc2)ccc1O. The molecule has 2 aromatic rings. The van der Waals surface area contributed by atoms with Crippen LogP contribution in [-0.2, 0) is 9.59 Å². The number of phenolic OH excluding ortho intramolecular Hbond substituents is 1. The summed E-state index contributed by atoms with van der Waals surface area (Å²) in [5.41, 5.74) is 1.06. The second-order valence-electron chi connectivity index (χ2n) is 5.80. The Balaban J connectivity index is 2.19. The second-order valence-corrected chi connectivity index (χ2v) is 6.72. The van der Waals surface area contributed by atoms with Crippen LogP contribution >= 0.6 is 15.9 Å². The number of ether oxygens (including phenoxy) is 1. The zero-order chi connectivity index (χ0) is 19.0. The summed E-state index contributed by atoms with van der Waals surface area (Å²) in [7, 11) is 1.41. The zero-order valence-electron chi connectivity index (χ0n) is 14.1. The van der Waals surface area contributed by atoms with Crippen molar-refractivity contribution >= 4 is 33.3 Å². The molecule has 0 spiro atoms. The van der Waals surface area contributed by atoms with E-state index in [9.17, 15) is 19.8 Å². The summed E-state index contributed by atoms with van der Waals surface area (Å²) < 4.78 is 5.96. The van der Waals surface area contributed by atoms with Gasteiger partial charge in [-0.3, -0.25) is 14.5 Å². The Hall–Kier alpha value is -2.80. The number of ketones is 1. The van der Waals surface area contributed by atoms with Gasteiger partial charge in [0.25, 0.3) is 5.91 Å². The molecule has 1 heterocycles. The number of methoxy groups -OCH3 is 1. The van der Waals surface area contributed by atoms with Crippen LogP contribution in [0.15, 0.2) is 58.3 Å². The van der Waals surface area contributed by atoms with Crippen LogP contribution in [0.3, 0.4) is 0 Å². The lowest BCUT2D eigenvalue weighted by atomic mass is 9.96. The van der Waals surface area contributed by atoms with E-state index in [1.54, 1.807) is 36.4 Å². The molecule has 2 aromatic carbocycles. The molecule has 7 heteroatoms. The molecule has 0 aliphatic carbocycles. The average molecular weight is 418 g/mol. The number of Topliss-reactive ketones (excluding diaryl/α,β-unsaturated/α-hetero) is 1. The number of aliphatic hydroxyl groups is 1. The van der Waals surface area contributed by atoms with Crippen molar-refractivity contribution in [3.63, 3.8) is 0 Å². The van der Waals surface area contributed by atoms with Gasteiger partial charge in [-0.2, -0.15) is 0 Å². The van der Waals surface area contributed by atoms with Crippen LogP contribution in [0.2, 0.25) is 0 Å². The minimum atomic E-state index is -0.823. The molecule has 0 unspecified atom stereocenters. The standard InChI is InChI=1S/C19H16BrNO5/c1-10(22)16-17(11-3-8-14(23)15(9-11)26-2)21(19(25)18(16)24)13-6-4-12(20)5-7-13/h3-9,17,23-24H,1-2H3/t17-/m0/s1. The van der Waals surface area contributed by atoms with Gasteiger partial charge in [0.2, 0.25) is 0 Å². The number of hydrogen-bond donors (Lipinski definition) is 2. The Labute approximate surface area is 158 Å². The Morgan fingerprint density at radius 3 is 2.38 bits per heavy atom. The normalized spacial score (nSPS) is 17.0. The van der Waals surface area contributed by atoms with E-state index in [1.165, 1.54) is 25.0 Å². The van der Waals surface area contributed by atoms with Gasteiger partial charge in [-0.05, 0) is 48.9 Å². The van der Waals surface area contributed by atoms with Crippen LogP contribution in [0, 0.1) is 0 Å².